The molecule has 6 heteroatoms. The van der Waals surface area contributed by atoms with E-state index in [1.54, 1.807) is 41.2 Å². The van der Waals surface area contributed by atoms with Gasteiger partial charge in [-0.3, -0.25) is 4.79 Å². The second-order valence-corrected chi connectivity index (χ2v) is 6.27. The fourth-order valence-corrected chi connectivity index (χ4v) is 3.09. The lowest BCUT2D eigenvalue weighted by molar-refractivity contribution is 0.102. The van der Waals surface area contributed by atoms with Crippen LogP contribution in [-0.2, 0) is 6.54 Å². The van der Waals surface area contributed by atoms with E-state index in [4.69, 9.17) is 10.2 Å². The lowest BCUT2D eigenvalue weighted by atomic mass is 10.1. The number of hydrogen-bond donors (Lipinski definition) is 1. The van der Waals surface area contributed by atoms with Gasteiger partial charge in [-0.25, -0.2) is 9.67 Å². The number of nitrogens with zero attached hydrogens (tertiary/aromatic N) is 4. The predicted molar refractivity (Wildman–Crippen MR) is 108 cm³/mol. The number of aromatic nitrogens is 3. The first kappa shape index (κ1) is 17.4. The van der Waals surface area contributed by atoms with E-state index in [1.807, 2.05) is 37.3 Å². The molecule has 0 saturated heterocycles. The first-order chi connectivity index (χ1) is 13.7. The maximum absolute atomic E-state index is 13.0. The van der Waals surface area contributed by atoms with Gasteiger partial charge < -0.3 is 5.32 Å². The molecule has 0 aliphatic rings. The summed E-state index contributed by atoms with van der Waals surface area (Å²) in [7, 11) is 0. The van der Waals surface area contributed by atoms with Gasteiger partial charge in [0, 0.05) is 17.8 Å². The highest BCUT2D eigenvalue weighted by Crippen LogP contribution is 2.25. The average molecular weight is 367 g/mol. The van der Waals surface area contributed by atoms with E-state index >= 15 is 0 Å². The van der Waals surface area contributed by atoms with Crippen LogP contribution >= 0.6 is 0 Å². The molecule has 28 heavy (non-hydrogen) atoms. The van der Waals surface area contributed by atoms with Crippen molar-refractivity contribution in [3.8, 4) is 17.3 Å². The molecular weight excluding hydrogens is 350 g/mol. The molecule has 0 aliphatic heterocycles. The molecule has 4 rings (SSSR count). The Bertz CT molecular complexity index is 1200. The molecule has 6 nitrogen and oxygen atoms in total. The van der Waals surface area contributed by atoms with Gasteiger partial charge in [0.1, 0.15) is 0 Å². The zero-order valence-electron chi connectivity index (χ0n) is 15.3. The lowest BCUT2D eigenvalue weighted by Crippen LogP contribution is -2.13. The van der Waals surface area contributed by atoms with Crippen molar-refractivity contribution in [2.75, 3.05) is 5.32 Å². The molecule has 1 amide bonds. The van der Waals surface area contributed by atoms with Crippen molar-refractivity contribution in [1.29, 1.82) is 5.26 Å². The summed E-state index contributed by atoms with van der Waals surface area (Å²) in [5.41, 5.74) is 3.85. The maximum atomic E-state index is 13.0. The minimum atomic E-state index is -0.268. The summed E-state index contributed by atoms with van der Waals surface area (Å²) in [6.07, 6.45) is 1.67. The number of benzene rings is 2. The summed E-state index contributed by atoms with van der Waals surface area (Å²) >= 11 is 0. The largest absolute Gasteiger partial charge is 0.322 e. The minimum absolute atomic E-state index is 0.268. The Balaban J connectivity index is 1.81. The van der Waals surface area contributed by atoms with Crippen LogP contribution in [0, 0.1) is 11.3 Å². The Morgan fingerprint density at radius 1 is 1.14 bits per heavy atom. The monoisotopic (exact) mass is 367 g/mol. The van der Waals surface area contributed by atoms with Crippen LogP contribution in [0.5, 0.6) is 0 Å². The summed E-state index contributed by atoms with van der Waals surface area (Å²) in [6.45, 7) is 2.64. The van der Waals surface area contributed by atoms with Crippen LogP contribution in [0.4, 0.5) is 5.69 Å². The first-order valence-corrected chi connectivity index (χ1v) is 8.93. The molecule has 2 heterocycles. The Hall–Kier alpha value is -3.98. The van der Waals surface area contributed by atoms with Crippen molar-refractivity contribution in [2.45, 2.75) is 13.5 Å². The van der Waals surface area contributed by atoms with Crippen molar-refractivity contribution >= 4 is 22.6 Å². The number of nitriles is 1. The van der Waals surface area contributed by atoms with E-state index in [0.717, 1.165) is 5.56 Å². The number of amides is 1. The summed E-state index contributed by atoms with van der Waals surface area (Å²) in [4.78, 5) is 17.8. The molecule has 0 atom stereocenters. The molecular formula is C22H17N5O. The van der Waals surface area contributed by atoms with Crippen LogP contribution in [0.3, 0.4) is 0 Å². The molecule has 2 aromatic heterocycles. The fourth-order valence-electron chi connectivity index (χ4n) is 3.09. The highest BCUT2D eigenvalue weighted by Gasteiger charge is 2.17. The second kappa shape index (κ2) is 7.33. The molecule has 0 spiro atoms. The Morgan fingerprint density at radius 2 is 1.96 bits per heavy atom. The average Bonchev–Trinajstić information content (AvgIpc) is 3.17. The maximum Gasteiger partial charge on any atom is 0.256 e. The van der Waals surface area contributed by atoms with Gasteiger partial charge in [0.15, 0.2) is 5.65 Å². The summed E-state index contributed by atoms with van der Waals surface area (Å²) < 4.78 is 1.77. The standard InChI is InChI=1S/C22H17N5O/c1-2-27-21-19(14-24-27)18(12-20(26-21)16-8-4-3-5-9-16)22(28)25-17-10-6-7-15(11-17)13-23/h3-12,14H,2H2,1H3,(H,25,28). The van der Waals surface area contributed by atoms with Crippen LogP contribution in [-0.4, -0.2) is 20.7 Å². The number of carbonyl (C=O) groups is 1. The van der Waals surface area contributed by atoms with Gasteiger partial charge in [0.2, 0.25) is 0 Å². The van der Waals surface area contributed by atoms with Gasteiger partial charge in [-0.2, -0.15) is 10.4 Å². The van der Waals surface area contributed by atoms with Crippen molar-refractivity contribution in [2.24, 2.45) is 0 Å². The van der Waals surface area contributed by atoms with Crippen molar-refractivity contribution in [1.82, 2.24) is 14.8 Å². The lowest BCUT2D eigenvalue weighted by Gasteiger charge is -2.09. The number of nitrogens with one attached hydrogen (secondary N) is 1. The molecule has 0 fully saturated rings. The number of aryl methyl sites for hydroxylation is 1. The van der Waals surface area contributed by atoms with Crippen LogP contribution in [0.1, 0.15) is 22.8 Å². The number of pyridine rings is 1. The molecule has 4 aromatic rings. The zero-order chi connectivity index (χ0) is 19.5. The van der Waals surface area contributed by atoms with Crippen molar-refractivity contribution < 1.29 is 4.79 Å². The molecule has 0 unspecified atom stereocenters. The quantitative estimate of drug-likeness (QED) is 0.585. The molecule has 136 valence electrons. The third-order valence-electron chi connectivity index (χ3n) is 4.47. The number of hydrogen-bond acceptors (Lipinski definition) is 4. The van der Waals surface area contributed by atoms with Gasteiger partial charge >= 0.3 is 0 Å². The molecule has 0 bridgehead atoms. The normalized spacial score (nSPS) is 10.6. The molecule has 1 N–H and O–H groups in total. The minimum Gasteiger partial charge on any atom is -0.322 e. The second-order valence-electron chi connectivity index (χ2n) is 6.27. The highest BCUT2D eigenvalue weighted by atomic mass is 16.1. The number of rotatable bonds is 4. The predicted octanol–water partition coefficient (Wildman–Crippen LogP) is 4.24. The van der Waals surface area contributed by atoms with Gasteiger partial charge in [-0.15, -0.1) is 0 Å². The molecule has 0 aliphatic carbocycles. The van der Waals surface area contributed by atoms with E-state index in [-0.39, 0.29) is 5.91 Å². The fraction of sp³-hybridized carbons (Fsp3) is 0.0909. The van der Waals surface area contributed by atoms with Gasteiger partial charge in [0.05, 0.1) is 34.5 Å². The Morgan fingerprint density at radius 3 is 2.71 bits per heavy atom. The highest BCUT2D eigenvalue weighted by molar-refractivity contribution is 6.12. The smallest absolute Gasteiger partial charge is 0.256 e. The van der Waals surface area contributed by atoms with Crippen LogP contribution < -0.4 is 5.32 Å². The Labute approximate surface area is 162 Å². The molecule has 0 saturated carbocycles. The van der Waals surface area contributed by atoms with Crippen molar-refractivity contribution in [3.63, 3.8) is 0 Å². The first-order valence-electron chi connectivity index (χ1n) is 8.93. The molecule has 0 radical (unpaired) electrons. The topological polar surface area (TPSA) is 83.6 Å². The van der Waals surface area contributed by atoms with E-state index < -0.39 is 0 Å². The van der Waals surface area contributed by atoms with Crippen LogP contribution in [0.15, 0.2) is 66.9 Å². The van der Waals surface area contributed by atoms with Gasteiger partial charge in [0.25, 0.3) is 5.91 Å². The van der Waals surface area contributed by atoms with Crippen LogP contribution in [0.25, 0.3) is 22.3 Å². The third kappa shape index (κ3) is 3.21. The third-order valence-corrected chi connectivity index (χ3v) is 4.47. The van der Waals surface area contributed by atoms with Crippen molar-refractivity contribution in [3.05, 3.63) is 78.0 Å². The zero-order valence-corrected chi connectivity index (χ0v) is 15.3. The SMILES string of the molecule is CCn1ncc2c(C(=O)Nc3cccc(C#N)c3)cc(-c3ccccc3)nc21. The van der Waals surface area contributed by atoms with Gasteiger partial charge in [-0.1, -0.05) is 36.4 Å². The summed E-state index contributed by atoms with van der Waals surface area (Å²) in [5, 5.41) is 17.0. The van der Waals surface area contributed by atoms with Crippen LogP contribution in [0.2, 0.25) is 0 Å². The van der Waals surface area contributed by atoms with Gasteiger partial charge in [-0.05, 0) is 31.2 Å². The number of anilines is 1. The van der Waals surface area contributed by atoms with E-state index in [0.29, 0.717) is 40.1 Å². The van der Waals surface area contributed by atoms with E-state index in [1.165, 1.54) is 0 Å². The number of fused-ring (bicyclic) bond motifs is 1. The molecule has 2 aromatic carbocycles. The Kier molecular flexibility index (Phi) is 4.56. The number of carbonyl (C=O) groups excluding carboxylic acids is 1. The summed E-state index contributed by atoms with van der Waals surface area (Å²) in [6, 6.07) is 20.4. The van der Waals surface area contributed by atoms with E-state index in [2.05, 4.69) is 16.5 Å². The van der Waals surface area contributed by atoms with E-state index in [9.17, 15) is 4.79 Å². The summed E-state index contributed by atoms with van der Waals surface area (Å²) in [5.74, 6) is -0.268.